The zero-order valence-corrected chi connectivity index (χ0v) is 13.5. The lowest BCUT2D eigenvalue weighted by Crippen LogP contribution is -2.39. The molecule has 1 amide bonds. The Kier molecular flexibility index (Phi) is 3.85. The maximum Gasteiger partial charge on any atom is 0.252 e. The number of hydrazine groups is 1. The highest BCUT2D eigenvalue weighted by Gasteiger charge is 2.29. The summed E-state index contributed by atoms with van der Waals surface area (Å²) in [5, 5.41) is 7.72. The van der Waals surface area contributed by atoms with Gasteiger partial charge in [0.2, 0.25) is 5.88 Å². The number of nitrogens with one attached hydrogen (secondary N) is 3. The van der Waals surface area contributed by atoms with Crippen molar-refractivity contribution in [2.45, 2.75) is 19.6 Å². The Balaban J connectivity index is 1.73. The van der Waals surface area contributed by atoms with Gasteiger partial charge in [-0.2, -0.15) is 0 Å². The smallest absolute Gasteiger partial charge is 0.252 e. The maximum absolute atomic E-state index is 13.6. The molecule has 1 atom stereocenters. The Morgan fingerprint density at radius 1 is 1.44 bits per heavy atom. The molecule has 3 N–H and O–H groups in total. The number of halogens is 1. The monoisotopic (exact) mass is 344 g/mol. The number of carbonyl (C=O) groups excluding carboxylic acids is 1. The predicted octanol–water partition coefficient (Wildman–Crippen LogP) is 0.165. The SMILES string of the molecule is CC1CNC(=O)C2=C3NC(=NCc4cc(F)cnc4O1)C=CN3NC2. The zero-order valence-electron chi connectivity index (χ0n) is 13.5. The van der Waals surface area contributed by atoms with Gasteiger partial charge in [-0.1, -0.05) is 0 Å². The van der Waals surface area contributed by atoms with E-state index in [0.29, 0.717) is 41.8 Å². The summed E-state index contributed by atoms with van der Waals surface area (Å²) in [7, 11) is 0. The van der Waals surface area contributed by atoms with Crippen LogP contribution in [0.4, 0.5) is 4.39 Å². The Morgan fingerprint density at radius 2 is 2.32 bits per heavy atom. The van der Waals surface area contributed by atoms with Gasteiger partial charge in [-0.3, -0.25) is 14.8 Å². The number of hydrogen-bond donors (Lipinski definition) is 3. The highest BCUT2D eigenvalue weighted by Crippen LogP contribution is 2.21. The van der Waals surface area contributed by atoms with Gasteiger partial charge in [-0.25, -0.2) is 14.8 Å². The summed E-state index contributed by atoms with van der Waals surface area (Å²) in [6, 6.07) is 1.36. The number of aliphatic imine (C=N–C) groups is 1. The van der Waals surface area contributed by atoms with E-state index in [4.69, 9.17) is 4.74 Å². The van der Waals surface area contributed by atoms with Crippen molar-refractivity contribution < 1.29 is 13.9 Å². The number of nitrogens with zero attached hydrogens (tertiary/aromatic N) is 3. The van der Waals surface area contributed by atoms with E-state index in [9.17, 15) is 9.18 Å². The van der Waals surface area contributed by atoms with Crippen LogP contribution in [0.5, 0.6) is 5.88 Å². The summed E-state index contributed by atoms with van der Waals surface area (Å²) in [6.07, 6.45) is 4.34. The molecule has 0 spiro atoms. The van der Waals surface area contributed by atoms with Crippen molar-refractivity contribution in [1.82, 2.24) is 26.1 Å². The first kappa shape index (κ1) is 15.6. The molecule has 0 fully saturated rings. The van der Waals surface area contributed by atoms with Gasteiger partial charge < -0.3 is 15.4 Å². The first-order valence-electron chi connectivity index (χ1n) is 7.95. The van der Waals surface area contributed by atoms with Gasteiger partial charge in [0.1, 0.15) is 23.6 Å². The summed E-state index contributed by atoms with van der Waals surface area (Å²) >= 11 is 0. The van der Waals surface area contributed by atoms with E-state index in [1.165, 1.54) is 6.07 Å². The third-order valence-electron chi connectivity index (χ3n) is 4.03. The van der Waals surface area contributed by atoms with Gasteiger partial charge >= 0.3 is 0 Å². The van der Waals surface area contributed by atoms with Crippen molar-refractivity contribution >= 4 is 11.7 Å². The number of pyridine rings is 1. The van der Waals surface area contributed by atoms with Crippen molar-refractivity contribution in [3.63, 3.8) is 0 Å². The Hall–Kier alpha value is -2.94. The lowest BCUT2D eigenvalue weighted by atomic mass is 10.2. The van der Waals surface area contributed by atoms with E-state index in [-0.39, 0.29) is 18.6 Å². The number of carbonyl (C=O) groups is 1. The predicted molar refractivity (Wildman–Crippen MR) is 87.6 cm³/mol. The van der Waals surface area contributed by atoms with Crippen LogP contribution in [0.25, 0.3) is 0 Å². The van der Waals surface area contributed by atoms with Crippen LogP contribution < -0.4 is 20.8 Å². The molecule has 9 heteroatoms. The minimum Gasteiger partial charge on any atom is -0.473 e. The molecule has 0 saturated carbocycles. The molecule has 8 nitrogen and oxygen atoms in total. The third-order valence-corrected chi connectivity index (χ3v) is 4.03. The molecule has 0 aromatic carbocycles. The van der Waals surface area contributed by atoms with Crippen LogP contribution in [-0.2, 0) is 11.3 Å². The Morgan fingerprint density at radius 3 is 3.20 bits per heavy atom. The second-order valence-electron chi connectivity index (χ2n) is 5.93. The molecule has 3 aliphatic rings. The number of hydrogen-bond acceptors (Lipinski definition) is 7. The molecule has 0 saturated heterocycles. The first-order valence-corrected chi connectivity index (χ1v) is 7.95. The van der Waals surface area contributed by atoms with Gasteiger partial charge in [-0.05, 0) is 19.1 Å². The highest BCUT2D eigenvalue weighted by molar-refractivity contribution is 5.99. The van der Waals surface area contributed by atoms with Gasteiger partial charge in [0.25, 0.3) is 5.91 Å². The number of ether oxygens (including phenoxy) is 1. The Bertz CT molecular complexity index is 819. The molecule has 4 rings (SSSR count). The first-order chi connectivity index (χ1) is 12.1. The molecule has 1 unspecified atom stereocenters. The number of aromatic nitrogens is 1. The quantitative estimate of drug-likeness (QED) is 0.621. The Labute approximate surface area is 143 Å². The van der Waals surface area contributed by atoms with Crippen molar-refractivity contribution in [2.75, 3.05) is 13.1 Å². The molecule has 0 aliphatic carbocycles. The topological polar surface area (TPSA) is 90.9 Å². The minimum absolute atomic E-state index is 0.186. The van der Waals surface area contributed by atoms with Gasteiger partial charge in [-0.15, -0.1) is 0 Å². The zero-order chi connectivity index (χ0) is 17.4. The van der Waals surface area contributed by atoms with Crippen LogP contribution in [0.3, 0.4) is 0 Å². The number of amides is 1. The molecular formula is C16H17FN6O2. The molecule has 3 aliphatic heterocycles. The van der Waals surface area contributed by atoms with Gasteiger partial charge in [0.15, 0.2) is 0 Å². The van der Waals surface area contributed by atoms with Crippen molar-refractivity contribution in [1.29, 1.82) is 0 Å². The van der Waals surface area contributed by atoms with Crippen LogP contribution in [0.2, 0.25) is 0 Å². The van der Waals surface area contributed by atoms with Crippen LogP contribution in [0.15, 0.2) is 40.9 Å². The maximum atomic E-state index is 13.6. The van der Waals surface area contributed by atoms with Crippen LogP contribution in [-0.4, -0.2) is 40.9 Å². The van der Waals surface area contributed by atoms with E-state index in [2.05, 4.69) is 26.0 Å². The molecule has 4 heterocycles. The van der Waals surface area contributed by atoms with Gasteiger partial charge in [0, 0.05) is 18.3 Å². The molecule has 1 aromatic heterocycles. The number of amidine groups is 1. The average Bonchev–Trinajstić information content (AvgIpc) is 3.02. The van der Waals surface area contributed by atoms with Crippen molar-refractivity contribution in [3.05, 3.63) is 47.3 Å². The second kappa shape index (κ2) is 6.17. The summed E-state index contributed by atoms with van der Waals surface area (Å²) in [6.45, 7) is 2.73. The number of fused-ring (bicyclic) bond motifs is 2. The highest BCUT2D eigenvalue weighted by atomic mass is 19.1. The fraction of sp³-hybridized carbons (Fsp3) is 0.312. The van der Waals surface area contributed by atoms with Crippen LogP contribution in [0, 0.1) is 5.82 Å². The standard InChI is InChI=1S/C16H17FN6O2/c1-9-5-19-15(24)12-8-21-23-3-2-13(22-14(12)23)18-6-10-4-11(17)7-20-16(10)25-9/h2-4,7,9,21H,5-6,8H2,1H3,(H,18,22)(H,19,24). The lowest BCUT2D eigenvalue weighted by molar-refractivity contribution is -0.117. The molecule has 0 radical (unpaired) electrons. The second-order valence-corrected chi connectivity index (χ2v) is 5.93. The molecule has 130 valence electrons. The molecular weight excluding hydrogens is 327 g/mol. The summed E-state index contributed by atoms with van der Waals surface area (Å²) < 4.78 is 19.3. The minimum atomic E-state index is -0.448. The lowest BCUT2D eigenvalue weighted by Gasteiger charge is -2.23. The summed E-state index contributed by atoms with van der Waals surface area (Å²) in [5.74, 6) is 0.896. The summed E-state index contributed by atoms with van der Waals surface area (Å²) in [5.41, 5.74) is 4.23. The number of rotatable bonds is 0. The fourth-order valence-corrected chi connectivity index (χ4v) is 2.76. The summed E-state index contributed by atoms with van der Waals surface area (Å²) in [4.78, 5) is 20.9. The van der Waals surface area contributed by atoms with E-state index in [0.717, 1.165) is 6.20 Å². The molecule has 1 aromatic rings. The average molecular weight is 344 g/mol. The van der Waals surface area contributed by atoms with Crippen LogP contribution in [0.1, 0.15) is 12.5 Å². The molecule has 2 bridgehead atoms. The fourth-order valence-electron chi connectivity index (χ4n) is 2.76. The third kappa shape index (κ3) is 3.05. The van der Waals surface area contributed by atoms with Crippen LogP contribution >= 0.6 is 0 Å². The van der Waals surface area contributed by atoms with E-state index in [1.54, 1.807) is 17.3 Å². The van der Waals surface area contributed by atoms with E-state index in [1.807, 2.05) is 6.92 Å². The normalized spacial score (nSPS) is 22.6. The van der Waals surface area contributed by atoms with Gasteiger partial charge in [0.05, 0.1) is 24.9 Å². The van der Waals surface area contributed by atoms with E-state index < -0.39 is 5.82 Å². The van der Waals surface area contributed by atoms with Crippen molar-refractivity contribution in [2.24, 2.45) is 4.99 Å². The van der Waals surface area contributed by atoms with E-state index >= 15 is 0 Å². The largest absolute Gasteiger partial charge is 0.473 e. The molecule has 25 heavy (non-hydrogen) atoms. The van der Waals surface area contributed by atoms with Crippen molar-refractivity contribution in [3.8, 4) is 5.88 Å².